The molecule has 0 rings (SSSR count). The zero-order valence-corrected chi connectivity index (χ0v) is 14.6. The molecule has 19 heavy (non-hydrogen) atoms. The molecule has 0 saturated heterocycles. The standard InChI is InChI=1S/C14H28N4S/c1-10(13(3,4)5)15-17-12(19-9)18-16-11(2)14(6,7)8/h1-9H3,(H,17,18). The topological polar surface area (TPSA) is 49.1 Å². The minimum Gasteiger partial charge on any atom is -0.254 e. The minimum absolute atomic E-state index is 0.0393. The van der Waals surface area contributed by atoms with Gasteiger partial charge in [-0.2, -0.15) is 10.2 Å². The van der Waals surface area contributed by atoms with Crippen molar-refractivity contribution in [2.75, 3.05) is 6.26 Å². The van der Waals surface area contributed by atoms with E-state index in [-0.39, 0.29) is 10.8 Å². The average Bonchev–Trinajstić information content (AvgIpc) is 2.25. The first-order chi connectivity index (χ1) is 8.48. The Morgan fingerprint density at radius 2 is 1.32 bits per heavy atom. The number of hydrazone groups is 1. The fraction of sp³-hybridized carbons (Fsp3) is 0.786. The number of hydrogen-bond acceptors (Lipinski definition) is 4. The molecule has 0 atom stereocenters. The summed E-state index contributed by atoms with van der Waals surface area (Å²) in [6.07, 6.45) is 1.95. The zero-order valence-electron chi connectivity index (χ0n) is 13.7. The molecule has 110 valence electrons. The largest absolute Gasteiger partial charge is 0.254 e. The molecule has 5 heteroatoms. The second-order valence-corrected chi connectivity index (χ2v) is 7.40. The van der Waals surface area contributed by atoms with Gasteiger partial charge in [0.25, 0.3) is 0 Å². The summed E-state index contributed by atoms with van der Waals surface area (Å²) in [4.78, 5) is 0. The normalized spacial score (nSPS) is 15.7. The van der Waals surface area contributed by atoms with Gasteiger partial charge in [0.05, 0.1) is 0 Å². The van der Waals surface area contributed by atoms with Crippen LogP contribution in [0.5, 0.6) is 0 Å². The van der Waals surface area contributed by atoms with E-state index < -0.39 is 0 Å². The molecular formula is C14H28N4S. The Morgan fingerprint density at radius 1 is 0.842 bits per heavy atom. The van der Waals surface area contributed by atoms with E-state index in [2.05, 4.69) is 62.3 Å². The van der Waals surface area contributed by atoms with E-state index in [1.165, 1.54) is 11.8 Å². The first-order valence-electron chi connectivity index (χ1n) is 6.46. The number of nitrogens with one attached hydrogen (secondary N) is 1. The van der Waals surface area contributed by atoms with Gasteiger partial charge in [-0.05, 0) is 20.1 Å². The van der Waals surface area contributed by atoms with Crippen molar-refractivity contribution in [1.82, 2.24) is 5.43 Å². The van der Waals surface area contributed by atoms with Crippen molar-refractivity contribution in [3.8, 4) is 0 Å². The molecule has 1 N–H and O–H groups in total. The highest BCUT2D eigenvalue weighted by molar-refractivity contribution is 8.13. The van der Waals surface area contributed by atoms with Gasteiger partial charge in [0.15, 0.2) is 0 Å². The van der Waals surface area contributed by atoms with Crippen LogP contribution < -0.4 is 5.43 Å². The monoisotopic (exact) mass is 284 g/mol. The number of thioether (sulfide) groups is 1. The third-order valence-electron chi connectivity index (χ3n) is 2.97. The van der Waals surface area contributed by atoms with Crippen LogP contribution in [0.25, 0.3) is 0 Å². The molecule has 0 aliphatic carbocycles. The lowest BCUT2D eigenvalue weighted by molar-refractivity contribution is 0.583. The highest BCUT2D eigenvalue weighted by atomic mass is 32.2. The van der Waals surface area contributed by atoms with Crippen LogP contribution in [-0.4, -0.2) is 22.8 Å². The van der Waals surface area contributed by atoms with E-state index in [1.807, 2.05) is 20.1 Å². The van der Waals surface area contributed by atoms with Gasteiger partial charge in [0, 0.05) is 22.3 Å². The molecule has 4 nitrogen and oxygen atoms in total. The summed E-state index contributed by atoms with van der Waals surface area (Å²) in [5, 5.41) is 13.5. The molecule has 0 saturated carbocycles. The highest BCUT2D eigenvalue weighted by Crippen LogP contribution is 2.16. The lowest BCUT2D eigenvalue weighted by Gasteiger charge is -2.18. The predicted octanol–water partition coefficient (Wildman–Crippen LogP) is 4.14. The van der Waals surface area contributed by atoms with Gasteiger partial charge in [0.2, 0.25) is 5.17 Å². The maximum absolute atomic E-state index is 4.35. The Bertz CT molecular complexity index is 381. The molecule has 0 fully saturated rings. The molecule has 0 bridgehead atoms. The van der Waals surface area contributed by atoms with E-state index >= 15 is 0 Å². The third kappa shape index (κ3) is 7.35. The Kier molecular flexibility index (Phi) is 6.77. The van der Waals surface area contributed by atoms with Crippen LogP contribution in [0.4, 0.5) is 0 Å². The molecule has 0 spiro atoms. The maximum atomic E-state index is 4.35. The van der Waals surface area contributed by atoms with Crippen molar-refractivity contribution >= 4 is 28.4 Å². The lowest BCUT2D eigenvalue weighted by atomic mass is 9.91. The number of amidine groups is 1. The van der Waals surface area contributed by atoms with Gasteiger partial charge in [-0.1, -0.05) is 53.3 Å². The number of rotatable bonds is 2. The second kappa shape index (κ2) is 7.08. The smallest absolute Gasteiger partial charge is 0.203 e. The van der Waals surface area contributed by atoms with E-state index in [0.717, 1.165) is 11.4 Å². The van der Waals surface area contributed by atoms with Crippen molar-refractivity contribution < 1.29 is 0 Å². The van der Waals surface area contributed by atoms with Gasteiger partial charge in [-0.15, -0.1) is 5.10 Å². The molecular weight excluding hydrogens is 256 g/mol. The predicted molar refractivity (Wildman–Crippen MR) is 89.2 cm³/mol. The van der Waals surface area contributed by atoms with Crippen LogP contribution >= 0.6 is 11.8 Å². The van der Waals surface area contributed by atoms with E-state index in [4.69, 9.17) is 0 Å². The number of hydrogen-bond donors (Lipinski definition) is 1. The van der Waals surface area contributed by atoms with Crippen LogP contribution in [-0.2, 0) is 0 Å². The van der Waals surface area contributed by atoms with Crippen LogP contribution in [0.3, 0.4) is 0 Å². The molecule has 0 heterocycles. The first-order valence-corrected chi connectivity index (χ1v) is 7.68. The van der Waals surface area contributed by atoms with Crippen molar-refractivity contribution in [1.29, 1.82) is 0 Å². The Balaban J connectivity index is 4.88. The summed E-state index contributed by atoms with van der Waals surface area (Å²) < 4.78 is 0. The van der Waals surface area contributed by atoms with Gasteiger partial charge >= 0.3 is 0 Å². The first kappa shape index (κ1) is 18.2. The molecule has 0 aromatic carbocycles. The average molecular weight is 284 g/mol. The second-order valence-electron chi connectivity index (χ2n) is 6.60. The van der Waals surface area contributed by atoms with E-state index in [0.29, 0.717) is 5.17 Å². The van der Waals surface area contributed by atoms with Gasteiger partial charge in [0.1, 0.15) is 0 Å². The summed E-state index contributed by atoms with van der Waals surface area (Å²) in [5.74, 6) is 0. The summed E-state index contributed by atoms with van der Waals surface area (Å²) in [7, 11) is 0. The molecule has 0 aliphatic rings. The highest BCUT2D eigenvalue weighted by Gasteiger charge is 2.15. The van der Waals surface area contributed by atoms with Crippen LogP contribution in [0.2, 0.25) is 0 Å². The molecule has 0 aliphatic heterocycles. The zero-order chi connectivity index (χ0) is 15.3. The number of nitrogens with zero attached hydrogens (tertiary/aromatic N) is 3. The molecule has 0 aromatic rings. The Morgan fingerprint density at radius 3 is 1.68 bits per heavy atom. The summed E-state index contributed by atoms with van der Waals surface area (Å²) in [6.45, 7) is 16.8. The van der Waals surface area contributed by atoms with Gasteiger partial charge in [-0.3, -0.25) is 5.43 Å². The van der Waals surface area contributed by atoms with Crippen molar-refractivity contribution in [2.45, 2.75) is 55.4 Å². The van der Waals surface area contributed by atoms with E-state index in [1.54, 1.807) is 0 Å². The Labute approximate surface area is 122 Å². The maximum Gasteiger partial charge on any atom is 0.203 e. The SMILES string of the molecule is CSC(=NN=C(C)C(C)(C)C)NN=C(C)C(C)(C)C. The van der Waals surface area contributed by atoms with Crippen molar-refractivity contribution in [2.24, 2.45) is 26.1 Å². The van der Waals surface area contributed by atoms with Gasteiger partial charge in [-0.25, -0.2) is 0 Å². The van der Waals surface area contributed by atoms with E-state index in [9.17, 15) is 0 Å². The fourth-order valence-electron chi connectivity index (χ4n) is 0.679. The summed E-state index contributed by atoms with van der Waals surface area (Å²) in [5.41, 5.74) is 5.10. The van der Waals surface area contributed by atoms with Gasteiger partial charge < -0.3 is 0 Å². The van der Waals surface area contributed by atoms with Crippen molar-refractivity contribution in [3.63, 3.8) is 0 Å². The Hall–Kier alpha value is -0.840. The molecule has 0 radical (unpaired) electrons. The summed E-state index contributed by atoms with van der Waals surface area (Å²) in [6, 6.07) is 0. The quantitative estimate of drug-likeness (QED) is 0.470. The van der Waals surface area contributed by atoms with Crippen LogP contribution in [0, 0.1) is 10.8 Å². The minimum atomic E-state index is 0.0393. The summed E-state index contributed by atoms with van der Waals surface area (Å²) >= 11 is 1.50. The third-order valence-corrected chi connectivity index (χ3v) is 3.53. The lowest BCUT2D eigenvalue weighted by Crippen LogP contribution is -2.23. The molecule has 0 amide bonds. The van der Waals surface area contributed by atoms with Crippen LogP contribution in [0.15, 0.2) is 15.3 Å². The fourth-order valence-corrected chi connectivity index (χ4v) is 0.938. The van der Waals surface area contributed by atoms with Crippen molar-refractivity contribution in [3.05, 3.63) is 0 Å². The molecule has 0 aromatic heterocycles. The van der Waals surface area contributed by atoms with Crippen LogP contribution in [0.1, 0.15) is 55.4 Å². The molecule has 0 unspecified atom stereocenters.